The lowest BCUT2D eigenvalue weighted by molar-refractivity contribution is 0.0282. The van der Waals surface area contributed by atoms with Crippen molar-refractivity contribution in [1.29, 1.82) is 0 Å². The number of thioether (sulfide) groups is 1. The van der Waals surface area contributed by atoms with E-state index in [9.17, 15) is 0 Å². The third-order valence-corrected chi connectivity index (χ3v) is 4.01. The SMILES string of the molecule is CCC(CC)C(NN)C1CSCCO1. The van der Waals surface area contributed by atoms with E-state index in [1.165, 1.54) is 0 Å². The van der Waals surface area contributed by atoms with Crippen molar-refractivity contribution >= 4 is 11.8 Å². The van der Waals surface area contributed by atoms with Gasteiger partial charge in [0.15, 0.2) is 0 Å². The Labute approximate surface area is 91.1 Å². The van der Waals surface area contributed by atoms with Gasteiger partial charge in [-0.25, -0.2) is 0 Å². The van der Waals surface area contributed by atoms with Crippen LogP contribution in [0.2, 0.25) is 0 Å². The fourth-order valence-corrected chi connectivity index (χ4v) is 2.97. The highest BCUT2D eigenvalue weighted by atomic mass is 32.2. The number of rotatable bonds is 5. The molecule has 3 N–H and O–H groups in total. The van der Waals surface area contributed by atoms with Crippen LogP contribution in [-0.4, -0.2) is 30.3 Å². The lowest BCUT2D eigenvalue weighted by Crippen LogP contribution is -2.51. The summed E-state index contributed by atoms with van der Waals surface area (Å²) < 4.78 is 5.75. The highest BCUT2D eigenvalue weighted by Crippen LogP contribution is 2.22. The molecule has 0 aromatic heterocycles. The molecule has 1 rings (SSSR count). The van der Waals surface area contributed by atoms with Gasteiger partial charge in [-0.05, 0) is 5.92 Å². The van der Waals surface area contributed by atoms with Gasteiger partial charge in [-0.3, -0.25) is 11.3 Å². The number of hydrazine groups is 1. The van der Waals surface area contributed by atoms with E-state index in [2.05, 4.69) is 19.3 Å². The number of hydrogen-bond donors (Lipinski definition) is 2. The van der Waals surface area contributed by atoms with Gasteiger partial charge < -0.3 is 4.74 Å². The summed E-state index contributed by atoms with van der Waals surface area (Å²) in [4.78, 5) is 0. The highest BCUT2D eigenvalue weighted by Gasteiger charge is 2.28. The molecule has 1 aliphatic rings. The van der Waals surface area contributed by atoms with Gasteiger partial charge in [0.2, 0.25) is 0 Å². The summed E-state index contributed by atoms with van der Waals surface area (Å²) in [6.07, 6.45) is 2.62. The molecular weight excluding hydrogens is 196 g/mol. The lowest BCUT2D eigenvalue weighted by atomic mass is 9.91. The Morgan fingerprint density at radius 3 is 2.64 bits per heavy atom. The van der Waals surface area contributed by atoms with Crippen molar-refractivity contribution in [2.45, 2.75) is 38.8 Å². The first-order chi connectivity index (χ1) is 6.83. The Bertz CT molecular complexity index is 147. The van der Waals surface area contributed by atoms with Crippen LogP contribution >= 0.6 is 11.8 Å². The molecule has 0 aliphatic carbocycles. The van der Waals surface area contributed by atoms with E-state index in [0.717, 1.165) is 31.0 Å². The number of nitrogens with two attached hydrogens (primary N) is 1. The van der Waals surface area contributed by atoms with Crippen LogP contribution in [0.5, 0.6) is 0 Å². The molecule has 1 aliphatic heterocycles. The maximum atomic E-state index is 5.75. The van der Waals surface area contributed by atoms with Gasteiger partial charge in [-0.1, -0.05) is 26.7 Å². The molecule has 1 fully saturated rings. The molecule has 0 bridgehead atoms. The summed E-state index contributed by atoms with van der Waals surface area (Å²) in [7, 11) is 0. The summed E-state index contributed by atoms with van der Waals surface area (Å²) >= 11 is 1.96. The number of hydrogen-bond acceptors (Lipinski definition) is 4. The van der Waals surface area contributed by atoms with Crippen LogP contribution in [-0.2, 0) is 4.74 Å². The van der Waals surface area contributed by atoms with Crippen LogP contribution in [0.15, 0.2) is 0 Å². The van der Waals surface area contributed by atoms with E-state index in [1.54, 1.807) is 0 Å². The second-order valence-corrected chi connectivity index (χ2v) is 4.90. The normalized spacial score (nSPS) is 25.3. The largest absolute Gasteiger partial charge is 0.375 e. The maximum Gasteiger partial charge on any atom is 0.0834 e. The fourth-order valence-electron chi connectivity index (χ4n) is 2.06. The molecule has 0 radical (unpaired) electrons. The van der Waals surface area contributed by atoms with E-state index < -0.39 is 0 Å². The molecule has 2 unspecified atom stereocenters. The standard InChI is InChI=1S/C10H22N2OS/c1-3-8(4-2)10(12-11)9-7-14-6-5-13-9/h8-10,12H,3-7,11H2,1-2H3. The molecule has 84 valence electrons. The molecule has 0 amide bonds. The van der Waals surface area contributed by atoms with Gasteiger partial charge in [0.25, 0.3) is 0 Å². The van der Waals surface area contributed by atoms with Crippen molar-refractivity contribution in [1.82, 2.24) is 5.43 Å². The second-order valence-electron chi connectivity index (χ2n) is 3.75. The monoisotopic (exact) mass is 218 g/mol. The summed E-state index contributed by atoms with van der Waals surface area (Å²) in [5.74, 6) is 8.44. The lowest BCUT2D eigenvalue weighted by Gasteiger charge is -2.34. The molecule has 1 saturated heterocycles. The van der Waals surface area contributed by atoms with Crippen molar-refractivity contribution in [3.63, 3.8) is 0 Å². The first-order valence-electron chi connectivity index (χ1n) is 5.48. The van der Waals surface area contributed by atoms with Gasteiger partial charge in [0.1, 0.15) is 0 Å². The number of ether oxygens (including phenoxy) is 1. The Morgan fingerprint density at radius 2 is 2.21 bits per heavy atom. The summed E-state index contributed by atoms with van der Waals surface area (Å²) in [5, 5.41) is 0. The predicted molar refractivity (Wildman–Crippen MR) is 62.2 cm³/mol. The molecule has 1 heterocycles. The first kappa shape index (κ1) is 12.3. The third kappa shape index (κ3) is 3.12. The molecule has 3 nitrogen and oxygen atoms in total. The molecule has 14 heavy (non-hydrogen) atoms. The summed E-state index contributed by atoms with van der Waals surface area (Å²) in [5.41, 5.74) is 2.94. The quantitative estimate of drug-likeness (QED) is 0.541. The van der Waals surface area contributed by atoms with Gasteiger partial charge >= 0.3 is 0 Å². The van der Waals surface area contributed by atoms with Crippen molar-refractivity contribution < 1.29 is 4.74 Å². The van der Waals surface area contributed by atoms with Crippen molar-refractivity contribution in [3.8, 4) is 0 Å². The maximum absolute atomic E-state index is 5.75. The van der Waals surface area contributed by atoms with E-state index >= 15 is 0 Å². The highest BCUT2D eigenvalue weighted by molar-refractivity contribution is 7.99. The van der Waals surface area contributed by atoms with E-state index in [0.29, 0.717) is 18.1 Å². The van der Waals surface area contributed by atoms with Gasteiger partial charge in [-0.15, -0.1) is 0 Å². The second kappa shape index (κ2) is 6.67. The van der Waals surface area contributed by atoms with Gasteiger partial charge in [0.05, 0.1) is 18.8 Å². The van der Waals surface area contributed by atoms with Crippen LogP contribution < -0.4 is 11.3 Å². The van der Waals surface area contributed by atoms with Crippen molar-refractivity contribution in [2.75, 3.05) is 18.1 Å². The molecule has 2 atom stereocenters. The Morgan fingerprint density at radius 1 is 1.50 bits per heavy atom. The molecule has 0 aromatic rings. The Kier molecular flexibility index (Phi) is 5.86. The molecule has 4 heteroatoms. The topological polar surface area (TPSA) is 47.3 Å². The van der Waals surface area contributed by atoms with E-state index in [4.69, 9.17) is 10.6 Å². The van der Waals surface area contributed by atoms with Crippen molar-refractivity contribution in [3.05, 3.63) is 0 Å². The minimum absolute atomic E-state index is 0.295. The predicted octanol–water partition coefficient (Wildman–Crippen LogP) is 1.39. The molecule has 0 saturated carbocycles. The average molecular weight is 218 g/mol. The zero-order valence-electron chi connectivity index (χ0n) is 9.16. The Balaban J connectivity index is 2.49. The van der Waals surface area contributed by atoms with Gasteiger partial charge in [0, 0.05) is 11.5 Å². The van der Waals surface area contributed by atoms with Crippen LogP contribution in [0.4, 0.5) is 0 Å². The molecular formula is C10H22N2OS. The van der Waals surface area contributed by atoms with Crippen LogP contribution in [0.3, 0.4) is 0 Å². The smallest absolute Gasteiger partial charge is 0.0834 e. The minimum Gasteiger partial charge on any atom is -0.375 e. The number of nitrogens with one attached hydrogen (secondary N) is 1. The van der Waals surface area contributed by atoms with Crippen molar-refractivity contribution in [2.24, 2.45) is 11.8 Å². The third-order valence-electron chi connectivity index (χ3n) is 2.99. The Hall–Kier alpha value is 0.230. The fraction of sp³-hybridized carbons (Fsp3) is 1.00. The molecule has 0 spiro atoms. The first-order valence-corrected chi connectivity index (χ1v) is 6.64. The van der Waals surface area contributed by atoms with E-state index in [-0.39, 0.29) is 0 Å². The zero-order chi connectivity index (χ0) is 10.4. The van der Waals surface area contributed by atoms with E-state index in [1.807, 2.05) is 11.8 Å². The minimum atomic E-state index is 0.295. The molecule has 0 aromatic carbocycles. The van der Waals surface area contributed by atoms with Gasteiger partial charge in [-0.2, -0.15) is 11.8 Å². The van der Waals surface area contributed by atoms with Crippen LogP contribution in [0.1, 0.15) is 26.7 Å². The average Bonchev–Trinajstić information content (AvgIpc) is 2.27. The van der Waals surface area contributed by atoms with Crippen LogP contribution in [0.25, 0.3) is 0 Å². The summed E-state index contributed by atoms with van der Waals surface area (Å²) in [6.45, 7) is 5.30. The summed E-state index contributed by atoms with van der Waals surface area (Å²) in [6, 6.07) is 0.317. The van der Waals surface area contributed by atoms with Crippen LogP contribution in [0, 0.1) is 5.92 Å². The zero-order valence-corrected chi connectivity index (χ0v) is 9.98.